The van der Waals surface area contributed by atoms with Crippen LogP contribution in [0.25, 0.3) is 0 Å². The Morgan fingerprint density at radius 1 is 1.40 bits per heavy atom. The number of allylic oxidation sites excluding steroid dienone is 1. The molecule has 0 amide bonds. The van der Waals surface area contributed by atoms with E-state index >= 15 is 0 Å². The predicted molar refractivity (Wildman–Crippen MR) is 54.7 cm³/mol. The SMILES string of the molecule is N#C/C(Cl)=C1\OCC(c2ccccc2)O1. The second kappa shape index (κ2) is 4.24. The van der Waals surface area contributed by atoms with Gasteiger partial charge in [0.1, 0.15) is 12.7 Å². The van der Waals surface area contributed by atoms with Crippen molar-refractivity contribution in [2.45, 2.75) is 6.10 Å². The van der Waals surface area contributed by atoms with E-state index in [0.717, 1.165) is 5.56 Å². The van der Waals surface area contributed by atoms with Crippen molar-refractivity contribution in [1.82, 2.24) is 0 Å². The van der Waals surface area contributed by atoms with Gasteiger partial charge in [-0.15, -0.1) is 0 Å². The van der Waals surface area contributed by atoms with Crippen molar-refractivity contribution in [2.75, 3.05) is 6.61 Å². The molecule has 1 aliphatic rings. The van der Waals surface area contributed by atoms with Gasteiger partial charge < -0.3 is 9.47 Å². The molecule has 0 radical (unpaired) electrons. The molecule has 0 aromatic heterocycles. The molecule has 1 unspecified atom stereocenters. The number of hydrogen-bond acceptors (Lipinski definition) is 3. The van der Waals surface area contributed by atoms with Crippen molar-refractivity contribution in [1.29, 1.82) is 5.26 Å². The van der Waals surface area contributed by atoms with Crippen molar-refractivity contribution >= 4 is 11.6 Å². The average Bonchev–Trinajstić information content (AvgIpc) is 2.78. The van der Waals surface area contributed by atoms with Gasteiger partial charge in [-0.1, -0.05) is 41.9 Å². The van der Waals surface area contributed by atoms with Crippen molar-refractivity contribution in [3.05, 3.63) is 46.9 Å². The number of hydrogen-bond donors (Lipinski definition) is 0. The summed E-state index contributed by atoms with van der Waals surface area (Å²) in [5, 5.41) is 8.50. The summed E-state index contributed by atoms with van der Waals surface area (Å²) in [5.41, 5.74) is 1.01. The van der Waals surface area contributed by atoms with E-state index in [1.165, 1.54) is 0 Å². The zero-order valence-electron chi connectivity index (χ0n) is 7.81. The molecule has 1 aromatic carbocycles. The molecule has 15 heavy (non-hydrogen) atoms. The summed E-state index contributed by atoms with van der Waals surface area (Å²) < 4.78 is 10.6. The van der Waals surface area contributed by atoms with Crippen LogP contribution < -0.4 is 0 Å². The summed E-state index contributed by atoms with van der Waals surface area (Å²) in [6, 6.07) is 11.4. The molecule has 0 saturated carbocycles. The van der Waals surface area contributed by atoms with Gasteiger partial charge in [-0.2, -0.15) is 5.26 Å². The molecule has 4 heteroatoms. The fourth-order valence-electron chi connectivity index (χ4n) is 1.34. The second-order valence-electron chi connectivity index (χ2n) is 3.04. The molecule has 0 bridgehead atoms. The summed E-state index contributed by atoms with van der Waals surface area (Å²) in [7, 11) is 0. The molecule has 1 fully saturated rings. The lowest BCUT2D eigenvalue weighted by molar-refractivity contribution is 0.142. The Labute approximate surface area is 92.5 Å². The fourth-order valence-corrected chi connectivity index (χ4v) is 1.44. The van der Waals surface area contributed by atoms with Crippen LogP contribution in [-0.4, -0.2) is 6.61 Å². The average molecular weight is 222 g/mol. The molecule has 1 atom stereocenters. The van der Waals surface area contributed by atoms with E-state index in [1.807, 2.05) is 30.3 Å². The third-order valence-electron chi connectivity index (χ3n) is 2.06. The van der Waals surface area contributed by atoms with Crippen LogP contribution in [-0.2, 0) is 9.47 Å². The first-order chi connectivity index (χ1) is 7.31. The topological polar surface area (TPSA) is 42.2 Å². The van der Waals surface area contributed by atoms with E-state index in [-0.39, 0.29) is 17.1 Å². The van der Waals surface area contributed by atoms with Gasteiger partial charge in [0.05, 0.1) is 0 Å². The third kappa shape index (κ3) is 2.05. The molecule has 1 aliphatic heterocycles. The Hall–Kier alpha value is -1.66. The zero-order chi connectivity index (χ0) is 10.7. The summed E-state index contributed by atoms with van der Waals surface area (Å²) >= 11 is 5.59. The first-order valence-corrected chi connectivity index (χ1v) is 4.83. The molecule has 3 nitrogen and oxygen atoms in total. The van der Waals surface area contributed by atoms with E-state index in [4.69, 9.17) is 26.3 Å². The van der Waals surface area contributed by atoms with E-state index in [0.29, 0.717) is 6.61 Å². The van der Waals surface area contributed by atoms with Crippen LogP contribution in [0.2, 0.25) is 0 Å². The quantitative estimate of drug-likeness (QED) is 0.685. The minimum atomic E-state index is -0.178. The van der Waals surface area contributed by atoms with E-state index in [1.54, 1.807) is 6.07 Å². The summed E-state index contributed by atoms with van der Waals surface area (Å²) in [4.78, 5) is 0. The zero-order valence-corrected chi connectivity index (χ0v) is 8.57. The lowest BCUT2D eigenvalue weighted by atomic mass is 10.1. The van der Waals surface area contributed by atoms with Crippen LogP contribution >= 0.6 is 11.6 Å². The number of nitriles is 1. The van der Waals surface area contributed by atoms with Crippen LogP contribution in [0.1, 0.15) is 11.7 Å². The van der Waals surface area contributed by atoms with Crippen molar-refractivity contribution < 1.29 is 9.47 Å². The third-order valence-corrected chi connectivity index (χ3v) is 2.30. The van der Waals surface area contributed by atoms with Crippen molar-refractivity contribution in [2.24, 2.45) is 0 Å². The van der Waals surface area contributed by atoms with Gasteiger partial charge in [-0.05, 0) is 5.56 Å². The minimum Gasteiger partial charge on any atom is -0.459 e. The highest BCUT2D eigenvalue weighted by Gasteiger charge is 2.26. The van der Waals surface area contributed by atoms with Crippen molar-refractivity contribution in [3.63, 3.8) is 0 Å². The molecule has 76 valence electrons. The summed E-state index contributed by atoms with van der Waals surface area (Å²) in [6.07, 6.45) is -0.178. The molecule has 1 saturated heterocycles. The first-order valence-electron chi connectivity index (χ1n) is 4.45. The van der Waals surface area contributed by atoms with Crippen LogP contribution in [0, 0.1) is 11.3 Å². The highest BCUT2D eigenvalue weighted by Crippen LogP contribution is 2.30. The standard InChI is InChI=1S/C11H8ClNO2/c12-9(6-13)11-14-7-10(15-11)8-4-2-1-3-5-8/h1-5,10H,7H2/b11-9-. The Bertz CT molecular complexity index is 422. The molecule has 1 aromatic rings. The Balaban J connectivity index is 2.16. The molecule has 2 rings (SSSR count). The van der Waals surface area contributed by atoms with Gasteiger partial charge in [-0.25, -0.2) is 0 Å². The summed E-state index contributed by atoms with van der Waals surface area (Å²) in [5.74, 6) is 0.119. The normalized spacial score (nSPS) is 22.5. The second-order valence-corrected chi connectivity index (χ2v) is 3.42. The Kier molecular flexibility index (Phi) is 2.79. The van der Waals surface area contributed by atoms with Crippen LogP contribution in [0.15, 0.2) is 41.3 Å². The molecule has 0 aliphatic carbocycles. The molecular weight excluding hydrogens is 214 g/mol. The number of nitrogens with zero attached hydrogens (tertiary/aromatic N) is 1. The lowest BCUT2D eigenvalue weighted by Crippen LogP contribution is -1.98. The first kappa shape index (κ1) is 9.88. The fraction of sp³-hybridized carbons (Fsp3) is 0.182. The van der Waals surface area contributed by atoms with Crippen molar-refractivity contribution in [3.8, 4) is 6.07 Å². The highest BCUT2D eigenvalue weighted by molar-refractivity contribution is 6.32. The van der Waals surface area contributed by atoms with Gasteiger partial charge in [0.25, 0.3) is 0 Å². The maximum atomic E-state index is 8.55. The maximum absolute atomic E-state index is 8.55. The molecule has 0 N–H and O–H groups in total. The van der Waals surface area contributed by atoms with Gasteiger partial charge in [0, 0.05) is 0 Å². The number of ether oxygens (including phenoxy) is 2. The van der Waals surface area contributed by atoms with Gasteiger partial charge in [0.2, 0.25) is 0 Å². The number of benzene rings is 1. The van der Waals surface area contributed by atoms with Gasteiger partial charge >= 0.3 is 5.95 Å². The molecule has 0 spiro atoms. The smallest absolute Gasteiger partial charge is 0.310 e. The maximum Gasteiger partial charge on any atom is 0.310 e. The van der Waals surface area contributed by atoms with E-state index in [2.05, 4.69) is 0 Å². The van der Waals surface area contributed by atoms with Crippen LogP contribution in [0.4, 0.5) is 0 Å². The van der Waals surface area contributed by atoms with Gasteiger partial charge in [0.15, 0.2) is 11.1 Å². The largest absolute Gasteiger partial charge is 0.459 e. The molecule has 1 heterocycles. The monoisotopic (exact) mass is 221 g/mol. The Morgan fingerprint density at radius 2 is 2.13 bits per heavy atom. The predicted octanol–water partition coefficient (Wildman–Crippen LogP) is 2.71. The Morgan fingerprint density at radius 3 is 2.80 bits per heavy atom. The highest BCUT2D eigenvalue weighted by atomic mass is 35.5. The van der Waals surface area contributed by atoms with E-state index < -0.39 is 0 Å². The lowest BCUT2D eigenvalue weighted by Gasteiger charge is -2.06. The number of halogens is 1. The number of rotatable bonds is 1. The van der Waals surface area contributed by atoms with E-state index in [9.17, 15) is 0 Å². The van der Waals surface area contributed by atoms with Crippen LogP contribution in [0.3, 0.4) is 0 Å². The summed E-state index contributed by atoms with van der Waals surface area (Å²) in [6.45, 7) is 0.386. The molecular formula is C11H8ClNO2. The van der Waals surface area contributed by atoms with Crippen LogP contribution in [0.5, 0.6) is 0 Å². The van der Waals surface area contributed by atoms with Gasteiger partial charge in [-0.3, -0.25) is 0 Å². The minimum absolute atomic E-state index is 0.0477.